The second-order valence-electron chi connectivity index (χ2n) is 4.83. The van der Waals surface area contributed by atoms with E-state index in [9.17, 15) is 9.59 Å². The molecule has 120 valence electrons. The number of nitrogens with one attached hydrogen (secondary N) is 3. The van der Waals surface area contributed by atoms with Crippen LogP contribution >= 0.6 is 12.2 Å². The molecule has 0 saturated carbocycles. The Hall–Kier alpha value is -2.67. The third-order valence-corrected chi connectivity index (χ3v) is 3.32. The Morgan fingerprint density at radius 1 is 1.04 bits per heavy atom. The van der Waals surface area contributed by atoms with Crippen LogP contribution in [-0.4, -0.2) is 22.1 Å². The molecule has 1 aromatic heterocycles. The summed E-state index contributed by atoms with van der Waals surface area (Å²) in [7, 11) is 0. The highest BCUT2D eigenvalue weighted by molar-refractivity contribution is 7.80. The molecule has 2 rings (SSSR count). The first-order chi connectivity index (χ1) is 11.1. The molecule has 0 atom stereocenters. The monoisotopic (exact) mass is 330 g/mol. The molecular weight excluding hydrogens is 312 g/mol. The molecular formula is C16H18N4O2S. The average molecular weight is 330 g/mol. The van der Waals surface area contributed by atoms with Crippen LogP contribution in [-0.2, 0) is 17.8 Å². The van der Waals surface area contributed by atoms with E-state index in [2.05, 4.69) is 16.2 Å². The zero-order valence-corrected chi connectivity index (χ0v) is 13.3. The Labute approximate surface area is 139 Å². The lowest BCUT2D eigenvalue weighted by atomic mass is 10.1. The van der Waals surface area contributed by atoms with Gasteiger partial charge in [-0.2, -0.15) is 0 Å². The lowest BCUT2D eigenvalue weighted by molar-refractivity contribution is -0.122. The van der Waals surface area contributed by atoms with E-state index in [1.807, 2.05) is 30.3 Å². The summed E-state index contributed by atoms with van der Waals surface area (Å²) in [5, 5.41) is 3.33. The summed E-state index contributed by atoms with van der Waals surface area (Å²) in [6.45, 7) is 0.586. The van der Waals surface area contributed by atoms with Crippen LogP contribution in [0.3, 0.4) is 0 Å². The SMILES string of the molecule is O=C(Cn1ccccc1=O)NNC(=S)NCCc1ccccc1. The molecule has 0 radical (unpaired) electrons. The molecule has 0 aliphatic heterocycles. The van der Waals surface area contributed by atoms with Crippen molar-refractivity contribution in [3.63, 3.8) is 0 Å². The van der Waals surface area contributed by atoms with Crippen molar-refractivity contribution in [3.8, 4) is 0 Å². The molecule has 3 N–H and O–H groups in total. The number of carbonyl (C=O) groups excluding carboxylic acids is 1. The van der Waals surface area contributed by atoms with Gasteiger partial charge in [0.25, 0.3) is 11.5 Å². The van der Waals surface area contributed by atoms with Gasteiger partial charge in [-0.25, -0.2) is 0 Å². The van der Waals surface area contributed by atoms with Crippen LogP contribution in [0.4, 0.5) is 0 Å². The van der Waals surface area contributed by atoms with Crippen molar-refractivity contribution in [1.29, 1.82) is 0 Å². The lowest BCUT2D eigenvalue weighted by Crippen LogP contribution is -2.48. The van der Waals surface area contributed by atoms with Gasteiger partial charge in [-0.3, -0.25) is 20.4 Å². The van der Waals surface area contributed by atoms with Crippen molar-refractivity contribution >= 4 is 23.2 Å². The number of carbonyl (C=O) groups is 1. The van der Waals surface area contributed by atoms with Crippen molar-refractivity contribution in [1.82, 2.24) is 20.7 Å². The zero-order valence-electron chi connectivity index (χ0n) is 12.5. The normalized spacial score (nSPS) is 9.91. The molecule has 2 aromatic rings. The van der Waals surface area contributed by atoms with E-state index in [1.165, 1.54) is 16.2 Å². The largest absolute Gasteiger partial charge is 0.361 e. The minimum atomic E-state index is -0.356. The summed E-state index contributed by atoms with van der Waals surface area (Å²) in [5.74, 6) is -0.356. The highest BCUT2D eigenvalue weighted by Crippen LogP contribution is 1.97. The first-order valence-corrected chi connectivity index (χ1v) is 7.58. The van der Waals surface area contributed by atoms with Crippen LogP contribution in [0.15, 0.2) is 59.5 Å². The van der Waals surface area contributed by atoms with Gasteiger partial charge in [0.1, 0.15) is 6.54 Å². The van der Waals surface area contributed by atoms with Gasteiger partial charge in [-0.15, -0.1) is 0 Å². The van der Waals surface area contributed by atoms with Crippen LogP contribution in [0.1, 0.15) is 5.56 Å². The number of amides is 1. The zero-order chi connectivity index (χ0) is 16.5. The maximum atomic E-state index is 11.7. The van der Waals surface area contributed by atoms with Crippen molar-refractivity contribution in [3.05, 3.63) is 70.6 Å². The Kier molecular flexibility index (Phi) is 6.31. The van der Waals surface area contributed by atoms with E-state index in [4.69, 9.17) is 12.2 Å². The number of benzene rings is 1. The predicted molar refractivity (Wildman–Crippen MR) is 92.7 cm³/mol. The Morgan fingerprint density at radius 3 is 2.52 bits per heavy atom. The van der Waals surface area contributed by atoms with Crippen LogP contribution in [0, 0.1) is 0 Å². The van der Waals surface area contributed by atoms with Gasteiger partial charge in [0.2, 0.25) is 0 Å². The minimum absolute atomic E-state index is 0.0701. The summed E-state index contributed by atoms with van der Waals surface area (Å²) in [6, 6.07) is 14.7. The van der Waals surface area contributed by atoms with E-state index in [1.54, 1.807) is 18.3 Å². The molecule has 23 heavy (non-hydrogen) atoms. The van der Waals surface area contributed by atoms with Crippen molar-refractivity contribution in [2.45, 2.75) is 13.0 Å². The molecule has 0 bridgehead atoms. The van der Waals surface area contributed by atoms with Gasteiger partial charge in [0.15, 0.2) is 5.11 Å². The molecule has 0 aliphatic rings. The molecule has 0 spiro atoms. The van der Waals surface area contributed by atoms with Gasteiger partial charge in [-0.1, -0.05) is 36.4 Å². The fraction of sp³-hybridized carbons (Fsp3) is 0.188. The lowest BCUT2D eigenvalue weighted by Gasteiger charge is -2.12. The highest BCUT2D eigenvalue weighted by Gasteiger charge is 2.04. The number of pyridine rings is 1. The number of thiocarbonyl (C=S) groups is 1. The smallest absolute Gasteiger partial charge is 0.258 e. The van der Waals surface area contributed by atoms with Crippen LogP contribution in [0.5, 0.6) is 0 Å². The molecule has 1 heterocycles. The van der Waals surface area contributed by atoms with Crippen molar-refractivity contribution in [2.24, 2.45) is 0 Å². The molecule has 0 aliphatic carbocycles. The van der Waals surface area contributed by atoms with E-state index in [0.717, 1.165) is 6.42 Å². The van der Waals surface area contributed by atoms with Gasteiger partial charge in [-0.05, 0) is 30.3 Å². The maximum Gasteiger partial charge on any atom is 0.258 e. The Balaban J connectivity index is 1.67. The maximum absolute atomic E-state index is 11.7. The van der Waals surface area contributed by atoms with Gasteiger partial charge < -0.3 is 9.88 Å². The van der Waals surface area contributed by atoms with E-state index >= 15 is 0 Å². The summed E-state index contributed by atoms with van der Waals surface area (Å²) >= 11 is 5.07. The average Bonchev–Trinajstić information content (AvgIpc) is 2.56. The fourth-order valence-electron chi connectivity index (χ4n) is 1.92. The Morgan fingerprint density at radius 2 is 1.78 bits per heavy atom. The first kappa shape index (κ1) is 16.7. The number of aromatic nitrogens is 1. The number of nitrogens with zero attached hydrogens (tertiary/aromatic N) is 1. The van der Waals surface area contributed by atoms with Crippen LogP contribution in [0.25, 0.3) is 0 Å². The topological polar surface area (TPSA) is 75.2 Å². The van der Waals surface area contributed by atoms with Gasteiger partial charge >= 0.3 is 0 Å². The number of hydrazine groups is 1. The molecule has 0 unspecified atom stereocenters. The molecule has 1 aromatic carbocycles. The molecule has 0 fully saturated rings. The highest BCUT2D eigenvalue weighted by atomic mass is 32.1. The predicted octanol–water partition coefficient (Wildman–Crippen LogP) is 0.586. The molecule has 1 amide bonds. The van der Waals surface area contributed by atoms with E-state index in [-0.39, 0.29) is 18.0 Å². The Bertz CT molecular complexity index is 715. The standard InChI is InChI=1S/C16H18N4O2S/c21-14(12-20-11-5-4-8-15(20)22)18-19-16(23)17-10-9-13-6-2-1-3-7-13/h1-8,11H,9-10,12H2,(H,18,21)(H2,17,19,23). The second kappa shape index (κ2) is 8.70. The van der Waals surface area contributed by atoms with Crippen LogP contribution < -0.4 is 21.7 Å². The molecule has 0 saturated heterocycles. The number of hydrogen-bond acceptors (Lipinski definition) is 3. The summed E-state index contributed by atoms with van der Waals surface area (Å²) in [4.78, 5) is 23.2. The third-order valence-electron chi connectivity index (χ3n) is 3.07. The molecule has 7 heteroatoms. The van der Waals surface area contributed by atoms with Gasteiger partial charge in [0, 0.05) is 18.8 Å². The quantitative estimate of drug-likeness (QED) is 0.553. The second-order valence-corrected chi connectivity index (χ2v) is 5.24. The van der Waals surface area contributed by atoms with Gasteiger partial charge in [0.05, 0.1) is 0 Å². The van der Waals surface area contributed by atoms with Crippen molar-refractivity contribution in [2.75, 3.05) is 6.54 Å². The first-order valence-electron chi connectivity index (χ1n) is 7.17. The summed E-state index contributed by atoms with van der Waals surface area (Å²) < 4.78 is 1.31. The fourth-order valence-corrected chi connectivity index (χ4v) is 2.07. The minimum Gasteiger partial charge on any atom is -0.361 e. The van der Waals surface area contributed by atoms with E-state index < -0.39 is 0 Å². The van der Waals surface area contributed by atoms with Crippen molar-refractivity contribution < 1.29 is 4.79 Å². The molecule has 6 nitrogen and oxygen atoms in total. The van der Waals surface area contributed by atoms with Crippen LogP contribution in [0.2, 0.25) is 0 Å². The third kappa shape index (κ3) is 5.91. The van der Waals surface area contributed by atoms with E-state index in [0.29, 0.717) is 11.7 Å². The number of hydrogen-bond donors (Lipinski definition) is 3. The summed E-state index contributed by atoms with van der Waals surface area (Å²) in [6.07, 6.45) is 2.38. The number of rotatable bonds is 5. The summed E-state index contributed by atoms with van der Waals surface area (Å²) in [5.41, 5.74) is 6.04.